The van der Waals surface area contributed by atoms with Crippen molar-refractivity contribution in [2.45, 2.75) is 19.4 Å². The topological polar surface area (TPSA) is 33.4 Å². The van der Waals surface area contributed by atoms with Crippen LogP contribution in [0.2, 0.25) is 0 Å². The monoisotopic (exact) mass is 208 g/mol. The van der Waals surface area contributed by atoms with E-state index < -0.39 is 6.10 Å². The highest BCUT2D eigenvalue weighted by Gasteiger charge is 2.12. The van der Waals surface area contributed by atoms with Crippen molar-refractivity contribution in [3.05, 3.63) is 46.0 Å². The minimum absolute atomic E-state index is 0.410. The Labute approximate surface area is 86.8 Å². The summed E-state index contributed by atoms with van der Waals surface area (Å²) in [7, 11) is 0. The molecule has 0 amide bonds. The van der Waals surface area contributed by atoms with Gasteiger partial charge in [-0.25, -0.2) is 0 Å². The first-order valence-electron chi connectivity index (χ1n) is 4.50. The lowest BCUT2D eigenvalue weighted by molar-refractivity contribution is 0.181. The molecule has 0 radical (unpaired) electrons. The van der Waals surface area contributed by atoms with Crippen molar-refractivity contribution in [3.8, 4) is 0 Å². The van der Waals surface area contributed by atoms with Crippen LogP contribution < -0.4 is 0 Å². The number of rotatable bonds is 3. The zero-order valence-corrected chi connectivity index (χ0v) is 8.75. The maximum Gasteiger partial charge on any atom is 0.0935 e. The number of hydrogen-bond donors (Lipinski definition) is 1. The molecule has 0 saturated carbocycles. The van der Waals surface area contributed by atoms with Gasteiger partial charge in [-0.15, -0.1) is 11.3 Å². The first kappa shape index (κ1) is 9.49. The molecule has 2 rings (SSSR count). The van der Waals surface area contributed by atoms with Gasteiger partial charge in [0.1, 0.15) is 0 Å². The fraction of sp³-hybridized carbons (Fsp3) is 0.273. The third-order valence-electron chi connectivity index (χ3n) is 2.21. The highest BCUT2D eigenvalue weighted by atomic mass is 32.1. The van der Waals surface area contributed by atoms with Gasteiger partial charge in [-0.2, -0.15) is 0 Å². The van der Waals surface area contributed by atoms with E-state index in [1.54, 1.807) is 23.9 Å². The lowest BCUT2D eigenvalue weighted by Gasteiger charge is -2.07. The number of aliphatic hydroxyl groups excluding tert-OH is 1. The van der Waals surface area contributed by atoms with Gasteiger partial charge < -0.3 is 9.52 Å². The molecule has 14 heavy (non-hydrogen) atoms. The van der Waals surface area contributed by atoms with Crippen molar-refractivity contribution in [1.29, 1.82) is 0 Å². The Morgan fingerprint density at radius 3 is 2.93 bits per heavy atom. The summed E-state index contributed by atoms with van der Waals surface area (Å²) in [5, 5.41) is 11.9. The minimum atomic E-state index is -0.410. The summed E-state index contributed by atoms with van der Waals surface area (Å²) in [4.78, 5) is 1.05. The zero-order chi connectivity index (χ0) is 9.97. The second-order valence-corrected chi connectivity index (χ2v) is 4.27. The SMILES string of the molecule is Cc1ccsc1C(O)Cc1ccoc1. The van der Waals surface area contributed by atoms with Gasteiger partial charge in [-0.05, 0) is 35.6 Å². The number of thiophene rings is 1. The normalized spacial score (nSPS) is 13.0. The van der Waals surface area contributed by atoms with E-state index in [9.17, 15) is 5.11 Å². The summed E-state index contributed by atoms with van der Waals surface area (Å²) in [6, 6.07) is 3.91. The van der Waals surface area contributed by atoms with Crippen molar-refractivity contribution in [2.24, 2.45) is 0 Å². The molecule has 3 heteroatoms. The van der Waals surface area contributed by atoms with E-state index >= 15 is 0 Å². The van der Waals surface area contributed by atoms with Crippen LogP contribution in [0, 0.1) is 6.92 Å². The third-order valence-corrected chi connectivity index (χ3v) is 3.33. The molecule has 74 valence electrons. The molecule has 0 aliphatic rings. The second kappa shape index (κ2) is 3.98. The lowest BCUT2D eigenvalue weighted by Crippen LogP contribution is -1.99. The molecule has 0 bridgehead atoms. The van der Waals surface area contributed by atoms with Gasteiger partial charge in [0.2, 0.25) is 0 Å². The van der Waals surface area contributed by atoms with Gasteiger partial charge in [0.25, 0.3) is 0 Å². The van der Waals surface area contributed by atoms with Crippen molar-refractivity contribution >= 4 is 11.3 Å². The van der Waals surface area contributed by atoms with Crippen LogP contribution in [-0.2, 0) is 6.42 Å². The van der Waals surface area contributed by atoms with Gasteiger partial charge in [-0.1, -0.05) is 0 Å². The maximum absolute atomic E-state index is 9.93. The molecule has 2 aromatic rings. The summed E-state index contributed by atoms with van der Waals surface area (Å²) in [5.41, 5.74) is 2.19. The van der Waals surface area contributed by atoms with Crippen LogP contribution in [0.15, 0.2) is 34.5 Å². The summed E-state index contributed by atoms with van der Waals surface area (Å²) < 4.78 is 4.96. The van der Waals surface area contributed by atoms with Crippen LogP contribution in [0.4, 0.5) is 0 Å². The van der Waals surface area contributed by atoms with Crippen LogP contribution in [0.5, 0.6) is 0 Å². The molecule has 0 aromatic carbocycles. The molecule has 1 atom stereocenters. The predicted molar refractivity (Wildman–Crippen MR) is 56.4 cm³/mol. The number of aliphatic hydroxyl groups is 1. The van der Waals surface area contributed by atoms with Crippen molar-refractivity contribution < 1.29 is 9.52 Å². The Kier molecular flexibility index (Phi) is 2.70. The van der Waals surface area contributed by atoms with E-state index in [0.29, 0.717) is 6.42 Å². The highest BCUT2D eigenvalue weighted by Crippen LogP contribution is 2.26. The molecule has 0 saturated heterocycles. The first-order chi connectivity index (χ1) is 6.77. The van der Waals surface area contributed by atoms with Gasteiger partial charge in [0, 0.05) is 11.3 Å². The fourth-order valence-electron chi connectivity index (χ4n) is 1.45. The predicted octanol–water partition coefficient (Wildman–Crippen LogP) is 2.93. The van der Waals surface area contributed by atoms with Crippen LogP contribution >= 0.6 is 11.3 Å². The quantitative estimate of drug-likeness (QED) is 0.841. The van der Waals surface area contributed by atoms with Gasteiger partial charge in [-0.3, -0.25) is 0 Å². The maximum atomic E-state index is 9.93. The fourth-order valence-corrected chi connectivity index (χ4v) is 2.36. The molecule has 1 N–H and O–H groups in total. The minimum Gasteiger partial charge on any atom is -0.472 e. The van der Waals surface area contributed by atoms with Gasteiger partial charge in [0.05, 0.1) is 18.6 Å². The molecule has 2 heterocycles. The Morgan fingerprint density at radius 2 is 2.36 bits per heavy atom. The van der Waals surface area contributed by atoms with E-state index in [1.165, 1.54) is 0 Å². The summed E-state index contributed by atoms with van der Waals surface area (Å²) in [6.07, 6.45) is 3.51. The molecule has 0 spiro atoms. The van der Waals surface area contributed by atoms with E-state index in [2.05, 4.69) is 0 Å². The molecule has 2 aromatic heterocycles. The molecule has 2 nitrogen and oxygen atoms in total. The Morgan fingerprint density at radius 1 is 1.50 bits per heavy atom. The van der Waals surface area contributed by atoms with Crippen molar-refractivity contribution in [3.63, 3.8) is 0 Å². The first-order valence-corrected chi connectivity index (χ1v) is 5.38. The zero-order valence-electron chi connectivity index (χ0n) is 7.93. The Balaban J connectivity index is 2.10. The Hall–Kier alpha value is -1.06. The lowest BCUT2D eigenvalue weighted by atomic mass is 10.1. The van der Waals surface area contributed by atoms with E-state index in [4.69, 9.17) is 4.42 Å². The standard InChI is InChI=1S/C11H12O2S/c1-8-3-5-14-11(8)10(12)6-9-2-4-13-7-9/h2-5,7,10,12H,6H2,1H3. The highest BCUT2D eigenvalue weighted by molar-refractivity contribution is 7.10. The molecule has 1 unspecified atom stereocenters. The number of furan rings is 1. The number of hydrogen-bond acceptors (Lipinski definition) is 3. The van der Waals surface area contributed by atoms with Crippen LogP contribution in [0.3, 0.4) is 0 Å². The van der Waals surface area contributed by atoms with Crippen molar-refractivity contribution in [1.82, 2.24) is 0 Å². The van der Waals surface area contributed by atoms with Crippen LogP contribution in [0.1, 0.15) is 22.1 Å². The average Bonchev–Trinajstić information content (AvgIpc) is 2.75. The molecule has 0 aliphatic heterocycles. The van der Waals surface area contributed by atoms with Crippen LogP contribution in [-0.4, -0.2) is 5.11 Å². The van der Waals surface area contributed by atoms with Gasteiger partial charge >= 0.3 is 0 Å². The molecular weight excluding hydrogens is 196 g/mol. The average molecular weight is 208 g/mol. The summed E-state index contributed by atoms with van der Waals surface area (Å²) >= 11 is 1.60. The largest absolute Gasteiger partial charge is 0.472 e. The van der Waals surface area contributed by atoms with Crippen molar-refractivity contribution in [2.75, 3.05) is 0 Å². The van der Waals surface area contributed by atoms with E-state index in [-0.39, 0.29) is 0 Å². The van der Waals surface area contributed by atoms with Gasteiger partial charge in [0.15, 0.2) is 0 Å². The van der Waals surface area contributed by atoms with E-state index in [0.717, 1.165) is 16.0 Å². The second-order valence-electron chi connectivity index (χ2n) is 3.32. The van der Waals surface area contributed by atoms with E-state index in [1.807, 2.05) is 24.4 Å². The van der Waals surface area contributed by atoms with Crippen LogP contribution in [0.25, 0.3) is 0 Å². The summed E-state index contributed by atoms with van der Waals surface area (Å²) in [5.74, 6) is 0. The molecular formula is C11H12O2S. The number of aryl methyl sites for hydroxylation is 1. The molecule has 0 aliphatic carbocycles. The smallest absolute Gasteiger partial charge is 0.0935 e. The Bertz CT molecular complexity index is 389. The third kappa shape index (κ3) is 1.89. The molecule has 0 fully saturated rings. The summed E-state index contributed by atoms with van der Waals surface area (Å²) in [6.45, 7) is 2.02.